The number of carbonyl (C=O) groups is 1. The van der Waals surface area contributed by atoms with E-state index in [2.05, 4.69) is 33.1 Å². The first kappa shape index (κ1) is 25.0. The Morgan fingerprint density at radius 1 is 1.13 bits per heavy atom. The van der Waals surface area contributed by atoms with Gasteiger partial charge < -0.3 is 9.88 Å². The Morgan fingerprint density at radius 3 is 2.82 bits per heavy atom. The molecule has 0 saturated carbocycles. The Morgan fingerprint density at radius 2 is 1.97 bits per heavy atom. The first-order valence-electron chi connectivity index (χ1n) is 12.9. The number of aromatic amines is 1. The molecule has 2 atom stereocenters. The zero-order valence-corrected chi connectivity index (χ0v) is 22.4. The third kappa shape index (κ3) is 5.06. The highest BCUT2D eigenvalue weighted by molar-refractivity contribution is 6.39. The molecule has 1 aliphatic heterocycles. The number of carbonyl (C=O) groups excluding carboxylic acids is 1. The summed E-state index contributed by atoms with van der Waals surface area (Å²) in [6, 6.07) is 12.5. The summed E-state index contributed by atoms with van der Waals surface area (Å²) in [4.78, 5) is 34.7. The summed E-state index contributed by atoms with van der Waals surface area (Å²) in [6.45, 7) is 2.04. The molecule has 0 bridgehead atoms. The predicted octanol–water partition coefficient (Wildman–Crippen LogP) is 6.22. The second kappa shape index (κ2) is 10.8. The number of benzene rings is 1. The lowest BCUT2D eigenvalue weighted by Crippen LogP contribution is -2.41. The molecule has 9 heteroatoms. The predicted molar refractivity (Wildman–Crippen MR) is 149 cm³/mol. The normalized spacial score (nSPS) is 19.2. The van der Waals surface area contributed by atoms with Gasteiger partial charge in [-0.3, -0.25) is 19.7 Å². The molecule has 1 aromatic carbocycles. The van der Waals surface area contributed by atoms with Crippen LogP contribution in [0.4, 0.5) is 0 Å². The molecule has 194 valence electrons. The molecule has 0 saturated heterocycles. The lowest BCUT2D eigenvalue weighted by Gasteiger charge is -2.38. The fourth-order valence-electron chi connectivity index (χ4n) is 5.68. The first-order chi connectivity index (χ1) is 18.6. The molecular formula is C29H28Cl2N6O. The molecule has 7 nitrogen and oxygen atoms in total. The van der Waals surface area contributed by atoms with Crippen LogP contribution in [0.3, 0.4) is 0 Å². The second-order valence-corrected chi connectivity index (χ2v) is 10.8. The minimum absolute atomic E-state index is 0.187. The molecule has 0 fully saturated rings. The van der Waals surface area contributed by atoms with Gasteiger partial charge in [-0.15, -0.1) is 0 Å². The van der Waals surface area contributed by atoms with Gasteiger partial charge >= 0.3 is 0 Å². The Bertz CT molecular complexity index is 1450. The average Bonchev–Trinajstić information content (AvgIpc) is 3.35. The molecule has 2 unspecified atom stereocenters. The van der Waals surface area contributed by atoms with Crippen LogP contribution in [0.1, 0.15) is 52.7 Å². The molecule has 1 amide bonds. The highest BCUT2D eigenvalue weighted by atomic mass is 35.5. The van der Waals surface area contributed by atoms with Crippen molar-refractivity contribution < 1.29 is 4.79 Å². The van der Waals surface area contributed by atoms with Crippen molar-refractivity contribution in [1.82, 2.24) is 29.7 Å². The number of imidazole rings is 1. The van der Waals surface area contributed by atoms with Crippen LogP contribution in [0.2, 0.25) is 10.0 Å². The number of allylic oxidation sites excluding steroid dienone is 1. The van der Waals surface area contributed by atoms with Crippen LogP contribution < -0.4 is 0 Å². The summed E-state index contributed by atoms with van der Waals surface area (Å²) in [5.74, 6) is 0.947. The number of hydrogen-bond acceptors (Lipinski definition) is 5. The number of rotatable bonds is 6. The van der Waals surface area contributed by atoms with E-state index in [9.17, 15) is 4.79 Å². The Balaban J connectivity index is 1.27. The van der Waals surface area contributed by atoms with Crippen LogP contribution in [0.15, 0.2) is 67.3 Å². The van der Waals surface area contributed by atoms with Crippen molar-refractivity contribution in [2.45, 2.75) is 38.3 Å². The summed E-state index contributed by atoms with van der Waals surface area (Å²) in [6.07, 6.45) is 12.8. The van der Waals surface area contributed by atoms with Gasteiger partial charge in [0.25, 0.3) is 5.91 Å². The van der Waals surface area contributed by atoms with E-state index in [0.717, 1.165) is 54.8 Å². The largest absolute Gasteiger partial charge is 0.341 e. The number of amides is 1. The summed E-state index contributed by atoms with van der Waals surface area (Å²) in [5.41, 5.74) is 4.77. The van der Waals surface area contributed by atoms with Gasteiger partial charge in [-0.25, -0.2) is 4.98 Å². The van der Waals surface area contributed by atoms with E-state index < -0.39 is 0 Å². The zero-order chi connectivity index (χ0) is 26.1. The summed E-state index contributed by atoms with van der Waals surface area (Å²) in [7, 11) is 0. The number of para-hydroxylation sites is 2. The molecule has 4 heterocycles. The van der Waals surface area contributed by atoms with Gasteiger partial charge in [0.2, 0.25) is 0 Å². The number of halogens is 2. The highest BCUT2D eigenvalue weighted by Crippen LogP contribution is 2.35. The van der Waals surface area contributed by atoms with E-state index in [1.165, 1.54) is 18.0 Å². The first-order valence-corrected chi connectivity index (χ1v) is 13.7. The fraction of sp³-hybridized carbons (Fsp3) is 0.310. The Labute approximate surface area is 231 Å². The maximum Gasteiger partial charge on any atom is 0.260 e. The Kier molecular flexibility index (Phi) is 7.15. The van der Waals surface area contributed by atoms with Crippen molar-refractivity contribution in [2.24, 2.45) is 5.92 Å². The van der Waals surface area contributed by atoms with E-state index in [1.54, 1.807) is 4.90 Å². The number of H-pyrrole nitrogens is 1. The minimum atomic E-state index is -0.211. The van der Waals surface area contributed by atoms with E-state index in [-0.39, 0.29) is 33.5 Å². The van der Waals surface area contributed by atoms with Crippen molar-refractivity contribution in [1.29, 1.82) is 0 Å². The van der Waals surface area contributed by atoms with Crippen molar-refractivity contribution in [2.75, 3.05) is 13.1 Å². The Hall–Kier alpha value is -3.26. The van der Waals surface area contributed by atoms with Crippen LogP contribution in [0, 0.1) is 5.92 Å². The average molecular weight is 547 g/mol. The molecule has 6 rings (SSSR count). The smallest absolute Gasteiger partial charge is 0.260 e. The summed E-state index contributed by atoms with van der Waals surface area (Å²) < 4.78 is 0. The number of aromatic nitrogens is 4. The van der Waals surface area contributed by atoms with E-state index in [4.69, 9.17) is 33.2 Å². The molecule has 3 aromatic heterocycles. The zero-order valence-electron chi connectivity index (χ0n) is 20.9. The minimum Gasteiger partial charge on any atom is -0.341 e. The molecule has 38 heavy (non-hydrogen) atoms. The number of pyridine rings is 2. The van der Waals surface area contributed by atoms with Crippen molar-refractivity contribution in [3.63, 3.8) is 0 Å². The van der Waals surface area contributed by atoms with Crippen LogP contribution >= 0.6 is 23.2 Å². The van der Waals surface area contributed by atoms with Gasteiger partial charge in [-0.2, -0.15) is 0 Å². The van der Waals surface area contributed by atoms with E-state index >= 15 is 0 Å². The fourth-order valence-corrected chi connectivity index (χ4v) is 6.21. The SMILES string of the molecule is O=C(c1c(Cl)cncc1Cl)N1C=CCC(CN(Cc2nc3ccccc3[nH]2)C2CCCc3cccnc32)C1. The van der Waals surface area contributed by atoms with Crippen LogP contribution in [0.25, 0.3) is 11.0 Å². The summed E-state index contributed by atoms with van der Waals surface area (Å²) >= 11 is 12.6. The van der Waals surface area contributed by atoms with Crippen LogP contribution in [-0.2, 0) is 13.0 Å². The van der Waals surface area contributed by atoms with E-state index in [0.29, 0.717) is 13.1 Å². The lowest BCUT2D eigenvalue weighted by molar-refractivity contribution is 0.0749. The molecular weight excluding hydrogens is 519 g/mol. The maximum atomic E-state index is 13.4. The number of hydrogen-bond donors (Lipinski definition) is 1. The van der Waals surface area contributed by atoms with Gasteiger partial charge in [0, 0.05) is 37.9 Å². The van der Waals surface area contributed by atoms with Crippen molar-refractivity contribution >= 4 is 40.1 Å². The second-order valence-electron chi connectivity index (χ2n) is 10.0. The number of nitrogens with one attached hydrogen (secondary N) is 1. The molecule has 0 spiro atoms. The van der Waals surface area contributed by atoms with Gasteiger partial charge in [-0.1, -0.05) is 47.5 Å². The number of fused-ring (bicyclic) bond motifs is 2. The van der Waals surface area contributed by atoms with Crippen molar-refractivity contribution in [3.05, 3.63) is 100.0 Å². The van der Waals surface area contributed by atoms with E-state index in [1.807, 2.05) is 36.7 Å². The third-order valence-electron chi connectivity index (χ3n) is 7.43. The van der Waals surface area contributed by atoms with Crippen LogP contribution in [0.5, 0.6) is 0 Å². The molecule has 4 aromatic rings. The van der Waals surface area contributed by atoms with Gasteiger partial charge in [0.1, 0.15) is 5.82 Å². The van der Waals surface area contributed by atoms with Gasteiger partial charge in [0.05, 0.1) is 44.9 Å². The molecule has 1 aliphatic carbocycles. The van der Waals surface area contributed by atoms with Gasteiger partial charge in [-0.05, 0) is 55.4 Å². The number of aryl methyl sites for hydroxylation is 1. The van der Waals surface area contributed by atoms with Gasteiger partial charge in [0.15, 0.2) is 0 Å². The highest BCUT2D eigenvalue weighted by Gasteiger charge is 2.32. The standard InChI is InChI=1S/C29H28Cl2N6O/c30-21-14-32-15-22(31)27(21)29(38)36-13-5-6-19(16-36)17-37(18-26-34-23-9-1-2-10-24(23)35-26)25-11-3-7-20-8-4-12-33-28(20)25/h1-2,4-5,8-10,12-15,19,25H,3,6-7,11,16-18H2,(H,34,35). The maximum absolute atomic E-state index is 13.4. The lowest BCUT2D eigenvalue weighted by atomic mass is 9.89. The monoisotopic (exact) mass is 546 g/mol. The summed E-state index contributed by atoms with van der Waals surface area (Å²) in [5, 5.41) is 0.517. The third-order valence-corrected chi connectivity index (χ3v) is 8.00. The molecule has 1 N–H and O–H groups in total. The number of nitrogens with zero attached hydrogens (tertiary/aromatic N) is 5. The quantitative estimate of drug-likeness (QED) is 0.310. The van der Waals surface area contributed by atoms with Crippen molar-refractivity contribution in [3.8, 4) is 0 Å². The molecule has 2 aliphatic rings. The van der Waals surface area contributed by atoms with Crippen LogP contribution in [-0.4, -0.2) is 48.7 Å². The topological polar surface area (TPSA) is 78.0 Å². The molecule has 0 radical (unpaired) electrons.